The van der Waals surface area contributed by atoms with Gasteiger partial charge < -0.3 is 10.6 Å². The molecule has 0 heterocycles. The Morgan fingerprint density at radius 2 is 1.53 bits per heavy atom. The van der Waals surface area contributed by atoms with Crippen LogP contribution in [0.5, 0.6) is 0 Å². The van der Waals surface area contributed by atoms with Gasteiger partial charge in [0.25, 0.3) is 0 Å². The zero-order chi connectivity index (χ0) is 22.5. The Kier molecular flexibility index (Phi) is 8.18. The lowest BCUT2D eigenvalue weighted by atomic mass is 10.1. The molecule has 30 heavy (non-hydrogen) atoms. The Bertz CT molecular complexity index is 958. The number of nitrogens with zero attached hydrogens (tertiary/aromatic N) is 1. The summed E-state index contributed by atoms with van der Waals surface area (Å²) < 4.78 is 26.6. The zero-order valence-corrected chi connectivity index (χ0v) is 19.6. The molecule has 2 N–H and O–H groups in total. The van der Waals surface area contributed by atoms with E-state index in [1.54, 1.807) is 24.3 Å². The van der Waals surface area contributed by atoms with Gasteiger partial charge in [-0.3, -0.25) is 4.79 Å². The van der Waals surface area contributed by atoms with Crippen molar-refractivity contribution in [2.45, 2.75) is 52.5 Å². The molecule has 0 saturated heterocycles. The van der Waals surface area contributed by atoms with Crippen molar-refractivity contribution in [3.63, 3.8) is 0 Å². The summed E-state index contributed by atoms with van der Waals surface area (Å²) in [5.41, 5.74) is 5.02. The predicted octanol–water partition coefficient (Wildman–Crippen LogP) is 3.93. The molecule has 0 aliphatic heterocycles. The highest BCUT2D eigenvalue weighted by Gasteiger charge is 2.21. The number of rotatable bonds is 9. The van der Waals surface area contributed by atoms with Crippen LogP contribution in [0.3, 0.4) is 0 Å². The van der Waals surface area contributed by atoms with Crippen molar-refractivity contribution >= 4 is 21.6 Å². The van der Waals surface area contributed by atoms with E-state index in [0.717, 1.165) is 22.4 Å². The number of anilines is 1. The monoisotopic (exact) mass is 431 g/mol. The van der Waals surface area contributed by atoms with Crippen LogP contribution in [-0.4, -0.2) is 38.3 Å². The first kappa shape index (κ1) is 24.1. The summed E-state index contributed by atoms with van der Waals surface area (Å²) in [4.78, 5) is 12.7. The van der Waals surface area contributed by atoms with Crippen LogP contribution >= 0.6 is 0 Å². The first-order chi connectivity index (χ1) is 14.1. The molecule has 2 rings (SSSR count). The van der Waals surface area contributed by atoms with Crippen LogP contribution in [0.1, 0.15) is 49.1 Å². The second-order valence-electron chi connectivity index (χ2n) is 7.58. The molecule has 6 nitrogen and oxygen atoms in total. The van der Waals surface area contributed by atoms with E-state index < -0.39 is 10.0 Å². The smallest absolute Gasteiger partial charge is 0.243 e. The van der Waals surface area contributed by atoms with Gasteiger partial charge in [-0.2, -0.15) is 4.31 Å². The highest BCUT2D eigenvalue weighted by molar-refractivity contribution is 7.89. The molecule has 2 aromatic carbocycles. The van der Waals surface area contributed by atoms with Crippen molar-refractivity contribution in [2.75, 3.05) is 25.0 Å². The fraction of sp³-hybridized carbons (Fsp3) is 0.435. The summed E-state index contributed by atoms with van der Waals surface area (Å²) in [5.74, 6) is -0.113. The Morgan fingerprint density at radius 3 is 2.03 bits per heavy atom. The summed E-state index contributed by atoms with van der Waals surface area (Å²) >= 11 is 0. The lowest BCUT2D eigenvalue weighted by molar-refractivity contribution is -0.115. The van der Waals surface area contributed by atoms with E-state index in [0.29, 0.717) is 13.1 Å². The van der Waals surface area contributed by atoms with Gasteiger partial charge in [-0.15, -0.1) is 0 Å². The Labute approximate surface area is 180 Å². The van der Waals surface area contributed by atoms with Gasteiger partial charge in [0.1, 0.15) is 0 Å². The minimum Gasteiger partial charge on any atom is -0.324 e. The average molecular weight is 432 g/mol. The number of aryl methyl sites for hydroxylation is 3. The van der Waals surface area contributed by atoms with Crippen molar-refractivity contribution < 1.29 is 13.2 Å². The number of carbonyl (C=O) groups excluding carboxylic acids is 1. The number of hydrogen-bond donors (Lipinski definition) is 2. The quantitative estimate of drug-likeness (QED) is 0.631. The molecule has 0 fully saturated rings. The van der Waals surface area contributed by atoms with E-state index in [2.05, 4.69) is 10.6 Å². The van der Waals surface area contributed by atoms with E-state index in [1.807, 2.05) is 53.7 Å². The lowest BCUT2D eigenvalue weighted by Crippen LogP contribution is -2.31. The largest absolute Gasteiger partial charge is 0.324 e. The maximum absolute atomic E-state index is 12.6. The third kappa shape index (κ3) is 5.68. The minimum atomic E-state index is -3.47. The van der Waals surface area contributed by atoms with Crippen LogP contribution in [0.4, 0.5) is 5.69 Å². The molecule has 0 unspecified atom stereocenters. The van der Waals surface area contributed by atoms with Crippen molar-refractivity contribution in [3.05, 3.63) is 58.7 Å². The van der Waals surface area contributed by atoms with E-state index in [1.165, 1.54) is 9.87 Å². The highest BCUT2D eigenvalue weighted by atomic mass is 32.2. The lowest BCUT2D eigenvalue weighted by Gasteiger charge is -2.19. The summed E-state index contributed by atoms with van der Waals surface area (Å²) in [7, 11) is -3.47. The molecule has 0 aliphatic carbocycles. The maximum atomic E-state index is 12.6. The Hall–Kier alpha value is -2.22. The average Bonchev–Trinajstić information content (AvgIpc) is 2.69. The van der Waals surface area contributed by atoms with Gasteiger partial charge in [0.15, 0.2) is 0 Å². The molecule has 7 heteroatoms. The van der Waals surface area contributed by atoms with Crippen molar-refractivity contribution in [3.8, 4) is 0 Å². The predicted molar refractivity (Wildman–Crippen MR) is 122 cm³/mol. The Balaban J connectivity index is 2.00. The van der Waals surface area contributed by atoms with Crippen LogP contribution in [0.2, 0.25) is 0 Å². The zero-order valence-electron chi connectivity index (χ0n) is 18.7. The molecule has 0 aliphatic rings. The number of sulfonamides is 1. The molecule has 0 aromatic heterocycles. The van der Waals surface area contributed by atoms with Crippen LogP contribution in [0, 0.1) is 20.8 Å². The molecule has 1 amide bonds. The SMILES string of the molecule is CCN(CC)S(=O)(=O)c1ccc([C@H](C)NCC(=O)Nc2c(C)cc(C)cc2C)cc1. The molecule has 164 valence electrons. The summed E-state index contributed by atoms with van der Waals surface area (Å²) in [5, 5.41) is 6.18. The van der Waals surface area contributed by atoms with Crippen molar-refractivity contribution in [1.29, 1.82) is 0 Å². The normalized spacial score (nSPS) is 12.8. The van der Waals surface area contributed by atoms with E-state index >= 15 is 0 Å². The summed E-state index contributed by atoms with van der Waals surface area (Å²) in [6.07, 6.45) is 0. The summed E-state index contributed by atoms with van der Waals surface area (Å²) in [6.45, 7) is 12.6. The fourth-order valence-corrected chi connectivity index (χ4v) is 5.02. The van der Waals surface area contributed by atoms with Gasteiger partial charge in [0, 0.05) is 24.8 Å². The number of carbonyl (C=O) groups is 1. The molecule has 1 atom stereocenters. The van der Waals surface area contributed by atoms with Gasteiger partial charge in [0.2, 0.25) is 15.9 Å². The molecule has 2 aromatic rings. The first-order valence-corrected chi connectivity index (χ1v) is 11.7. The molecule has 0 saturated carbocycles. The number of amides is 1. The van der Waals surface area contributed by atoms with Crippen LogP contribution in [-0.2, 0) is 14.8 Å². The third-order valence-corrected chi connectivity index (χ3v) is 7.30. The van der Waals surface area contributed by atoms with Crippen LogP contribution in [0.15, 0.2) is 41.3 Å². The van der Waals surface area contributed by atoms with Crippen LogP contribution in [0.25, 0.3) is 0 Å². The summed E-state index contributed by atoms with van der Waals surface area (Å²) in [6, 6.07) is 10.8. The van der Waals surface area contributed by atoms with Crippen molar-refractivity contribution in [1.82, 2.24) is 9.62 Å². The maximum Gasteiger partial charge on any atom is 0.243 e. The number of benzene rings is 2. The van der Waals surface area contributed by atoms with E-state index in [9.17, 15) is 13.2 Å². The second-order valence-corrected chi connectivity index (χ2v) is 9.52. The standard InChI is InChI=1S/C23H33N3O3S/c1-7-26(8-2)30(28,29)21-11-9-20(10-12-21)19(6)24-15-22(27)25-23-17(4)13-16(3)14-18(23)5/h9-14,19,24H,7-8,15H2,1-6H3,(H,25,27)/t19-/m0/s1. The minimum absolute atomic E-state index is 0.0961. The first-order valence-electron chi connectivity index (χ1n) is 10.3. The molecule has 0 spiro atoms. The number of hydrogen-bond acceptors (Lipinski definition) is 4. The second kappa shape index (κ2) is 10.2. The van der Waals surface area contributed by atoms with Gasteiger partial charge >= 0.3 is 0 Å². The molecule has 0 radical (unpaired) electrons. The molecular formula is C23H33N3O3S. The Morgan fingerprint density at radius 1 is 1.00 bits per heavy atom. The third-order valence-electron chi connectivity index (χ3n) is 5.23. The number of nitrogens with one attached hydrogen (secondary N) is 2. The highest BCUT2D eigenvalue weighted by Crippen LogP contribution is 2.22. The van der Waals surface area contributed by atoms with Crippen molar-refractivity contribution in [2.24, 2.45) is 0 Å². The molecular weight excluding hydrogens is 398 g/mol. The van der Waals surface area contributed by atoms with Gasteiger partial charge in [-0.25, -0.2) is 8.42 Å². The van der Waals surface area contributed by atoms with Gasteiger partial charge in [-0.1, -0.05) is 43.7 Å². The van der Waals surface area contributed by atoms with E-state index in [-0.39, 0.29) is 23.4 Å². The topological polar surface area (TPSA) is 78.5 Å². The molecule has 0 bridgehead atoms. The fourth-order valence-electron chi connectivity index (χ4n) is 3.57. The van der Waals surface area contributed by atoms with Gasteiger partial charge in [-0.05, 0) is 56.5 Å². The van der Waals surface area contributed by atoms with E-state index in [4.69, 9.17) is 0 Å². The van der Waals surface area contributed by atoms with Gasteiger partial charge in [0.05, 0.1) is 11.4 Å². The van der Waals surface area contributed by atoms with Crippen LogP contribution < -0.4 is 10.6 Å².